The number of nitrogens with one attached hydrogen (secondary N) is 1. The van der Waals surface area contributed by atoms with Crippen LogP contribution in [0, 0.1) is 11.8 Å². The summed E-state index contributed by atoms with van der Waals surface area (Å²) >= 11 is 0. The molecule has 3 nitrogen and oxygen atoms in total. The van der Waals surface area contributed by atoms with Crippen molar-refractivity contribution >= 4 is 0 Å². The molecule has 0 saturated heterocycles. The van der Waals surface area contributed by atoms with Crippen molar-refractivity contribution in [3.05, 3.63) is 0 Å². The maximum absolute atomic E-state index is 5.65. The van der Waals surface area contributed by atoms with Crippen LogP contribution in [0.4, 0.5) is 0 Å². The average molecular weight is 242 g/mol. The van der Waals surface area contributed by atoms with Gasteiger partial charge in [-0.05, 0) is 57.0 Å². The number of hydrogen-bond donors (Lipinski definition) is 2. The Hall–Kier alpha value is -0.120. The lowest BCUT2D eigenvalue weighted by Crippen LogP contribution is -2.45. The standard InChI is InChI=1S/C14H30N2O/c1-11(2)12(6-7-15)5-4-8-16-13-9-14(10-13)17-3/h11-14,16H,4-10,15H2,1-3H3. The fourth-order valence-electron chi connectivity index (χ4n) is 2.62. The van der Waals surface area contributed by atoms with Gasteiger partial charge in [0.1, 0.15) is 0 Å². The molecule has 1 atom stereocenters. The van der Waals surface area contributed by atoms with E-state index < -0.39 is 0 Å². The summed E-state index contributed by atoms with van der Waals surface area (Å²) in [7, 11) is 1.81. The van der Waals surface area contributed by atoms with Crippen LogP contribution < -0.4 is 11.1 Å². The van der Waals surface area contributed by atoms with E-state index in [1.807, 2.05) is 0 Å². The first-order chi connectivity index (χ1) is 8.17. The van der Waals surface area contributed by atoms with Crippen molar-refractivity contribution in [3.8, 4) is 0 Å². The zero-order valence-corrected chi connectivity index (χ0v) is 11.7. The first-order valence-corrected chi connectivity index (χ1v) is 7.13. The lowest BCUT2D eigenvalue weighted by atomic mass is 9.87. The summed E-state index contributed by atoms with van der Waals surface area (Å²) in [6.45, 7) is 6.59. The van der Waals surface area contributed by atoms with Crippen LogP contribution in [0.2, 0.25) is 0 Å². The highest BCUT2D eigenvalue weighted by Gasteiger charge is 2.28. The van der Waals surface area contributed by atoms with Gasteiger partial charge in [0.05, 0.1) is 6.10 Å². The smallest absolute Gasteiger partial charge is 0.0601 e. The van der Waals surface area contributed by atoms with E-state index >= 15 is 0 Å². The van der Waals surface area contributed by atoms with Crippen molar-refractivity contribution < 1.29 is 4.74 Å². The van der Waals surface area contributed by atoms with Crippen LogP contribution in [0.15, 0.2) is 0 Å². The second-order valence-corrected chi connectivity index (χ2v) is 5.70. The number of nitrogens with two attached hydrogens (primary N) is 1. The molecule has 3 N–H and O–H groups in total. The van der Waals surface area contributed by atoms with Gasteiger partial charge in [0, 0.05) is 13.2 Å². The number of hydrogen-bond acceptors (Lipinski definition) is 3. The summed E-state index contributed by atoms with van der Waals surface area (Å²) in [5, 5.41) is 3.61. The molecule has 0 aromatic rings. The van der Waals surface area contributed by atoms with Gasteiger partial charge in [-0.25, -0.2) is 0 Å². The Balaban J connectivity index is 1.99. The molecule has 1 unspecified atom stereocenters. The third-order valence-electron chi connectivity index (χ3n) is 4.09. The molecule has 0 aliphatic heterocycles. The zero-order chi connectivity index (χ0) is 12.7. The van der Waals surface area contributed by atoms with E-state index in [0.29, 0.717) is 12.1 Å². The quantitative estimate of drug-likeness (QED) is 0.609. The largest absolute Gasteiger partial charge is 0.381 e. The van der Waals surface area contributed by atoms with Crippen LogP contribution in [-0.2, 0) is 4.74 Å². The normalized spacial score (nSPS) is 25.9. The predicted octanol–water partition coefficient (Wildman–Crippen LogP) is 2.15. The second-order valence-electron chi connectivity index (χ2n) is 5.70. The SMILES string of the molecule is COC1CC(NCCCC(CCN)C(C)C)C1. The lowest BCUT2D eigenvalue weighted by Gasteiger charge is -2.35. The molecule has 0 bridgehead atoms. The van der Waals surface area contributed by atoms with Crippen molar-refractivity contribution in [1.29, 1.82) is 0 Å². The Morgan fingerprint density at radius 1 is 1.29 bits per heavy atom. The summed E-state index contributed by atoms with van der Waals surface area (Å²) in [6, 6.07) is 0.701. The molecule has 3 heteroatoms. The van der Waals surface area contributed by atoms with Gasteiger partial charge in [0.2, 0.25) is 0 Å². The monoisotopic (exact) mass is 242 g/mol. The third-order valence-corrected chi connectivity index (χ3v) is 4.09. The van der Waals surface area contributed by atoms with E-state index in [-0.39, 0.29) is 0 Å². The van der Waals surface area contributed by atoms with Crippen LogP contribution in [0.1, 0.15) is 46.0 Å². The van der Waals surface area contributed by atoms with E-state index in [9.17, 15) is 0 Å². The van der Waals surface area contributed by atoms with Gasteiger partial charge in [-0.1, -0.05) is 13.8 Å². The van der Waals surface area contributed by atoms with E-state index in [4.69, 9.17) is 10.5 Å². The Morgan fingerprint density at radius 3 is 2.53 bits per heavy atom. The Bertz CT molecular complexity index is 191. The van der Waals surface area contributed by atoms with Gasteiger partial charge in [-0.3, -0.25) is 0 Å². The third kappa shape index (κ3) is 5.36. The van der Waals surface area contributed by atoms with Gasteiger partial charge in [0.25, 0.3) is 0 Å². The molecule has 1 aliphatic rings. The number of methoxy groups -OCH3 is 1. The van der Waals surface area contributed by atoms with E-state index in [1.54, 1.807) is 7.11 Å². The predicted molar refractivity (Wildman–Crippen MR) is 73.1 cm³/mol. The molecule has 102 valence electrons. The van der Waals surface area contributed by atoms with Gasteiger partial charge >= 0.3 is 0 Å². The second kappa shape index (κ2) is 8.06. The minimum absolute atomic E-state index is 0.508. The molecule has 0 aromatic heterocycles. The number of rotatable bonds is 9. The highest BCUT2D eigenvalue weighted by molar-refractivity contribution is 4.85. The highest BCUT2D eigenvalue weighted by atomic mass is 16.5. The number of ether oxygens (including phenoxy) is 1. The van der Waals surface area contributed by atoms with Gasteiger partial charge in [-0.15, -0.1) is 0 Å². The van der Waals surface area contributed by atoms with Crippen molar-refractivity contribution in [1.82, 2.24) is 5.32 Å². The van der Waals surface area contributed by atoms with Crippen LogP contribution in [-0.4, -0.2) is 32.3 Å². The molecule has 0 heterocycles. The van der Waals surface area contributed by atoms with Gasteiger partial charge in [0.15, 0.2) is 0 Å². The average Bonchev–Trinajstić information content (AvgIpc) is 2.24. The molecule has 17 heavy (non-hydrogen) atoms. The summed E-state index contributed by atoms with van der Waals surface area (Å²) in [4.78, 5) is 0. The molecular weight excluding hydrogens is 212 g/mol. The van der Waals surface area contributed by atoms with E-state index in [2.05, 4.69) is 19.2 Å². The first kappa shape index (κ1) is 14.9. The summed E-state index contributed by atoms with van der Waals surface area (Å²) in [5.74, 6) is 1.56. The summed E-state index contributed by atoms with van der Waals surface area (Å²) in [5.41, 5.74) is 5.65. The van der Waals surface area contributed by atoms with Crippen molar-refractivity contribution in [2.24, 2.45) is 17.6 Å². The minimum atomic E-state index is 0.508. The Morgan fingerprint density at radius 2 is 2.00 bits per heavy atom. The molecule has 1 aliphatic carbocycles. The molecule has 0 radical (unpaired) electrons. The highest BCUT2D eigenvalue weighted by Crippen LogP contribution is 2.23. The van der Waals surface area contributed by atoms with Crippen molar-refractivity contribution in [3.63, 3.8) is 0 Å². The maximum Gasteiger partial charge on any atom is 0.0601 e. The zero-order valence-electron chi connectivity index (χ0n) is 11.7. The topological polar surface area (TPSA) is 47.3 Å². The molecule has 1 rings (SSSR count). The van der Waals surface area contributed by atoms with Crippen LogP contribution >= 0.6 is 0 Å². The summed E-state index contributed by atoms with van der Waals surface area (Å²) in [6.07, 6.45) is 6.64. The van der Waals surface area contributed by atoms with Crippen LogP contribution in [0.3, 0.4) is 0 Å². The molecule has 0 spiro atoms. The fraction of sp³-hybridized carbons (Fsp3) is 1.00. The van der Waals surface area contributed by atoms with Crippen LogP contribution in [0.5, 0.6) is 0 Å². The lowest BCUT2D eigenvalue weighted by molar-refractivity contribution is 0.0174. The fourth-order valence-corrected chi connectivity index (χ4v) is 2.62. The summed E-state index contributed by atoms with van der Waals surface area (Å²) < 4.78 is 5.27. The molecule has 1 saturated carbocycles. The van der Waals surface area contributed by atoms with Crippen molar-refractivity contribution in [2.45, 2.75) is 58.1 Å². The minimum Gasteiger partial charge on any atom is -0.381 e. The first-order valence-electron chi connectivity index (χ1n) is 7.13. The van der Waals surface area contributed by atoms with Gasteiger partial charge in [-0.2, -0.15) is 0 Å². The maximum atomic E-state index is 5.65. The molecule has 1 fully saturated rings. The Labute approximate surface area is 106 Å². The van der Waals surface area contributed by atoms with E-state index in [0.717, 1.165) is 24.9 Å². The van der Waals surface area contributed by atoms with Gasteiger partial charge < -0.3 is 15.8 Å². The van der Waals surface area contributed by atoms with Crippen LogP contribution in [0.25, 0.3) is 0 Å². The van der Waals surface area contributed by atoms with E-state index in [1.165, 1.54) is 32.1 Å². The Kier molecular flexibility index (Phi) is 7.09. The molecule has 0 aromatic carbocycles. The van der Waals surface area contributed by atoms with Crippen molar-refractivity contribution in [2.75, 3.05) is 20.2 Å². The molecular formula is C14H30N2O. The molecule has 0 amide bonds.